The van der Waals surface area contributed by atoms with Gasteiger partial charge in [0.15, 0.2) is 0 Å². The Kier molecular flexibility index (Phi) is 3.37. The summed E-state index contributed by atoms with van der Waals surface area (Å²) in [6.07, 6.45) is 2.06. The second-order valence-electron chi connectivity index (χ2n) is 4.51. The average molecular weight is 298 g/mol. The van der Waals surface area contributed by atoms with Gasteiger partial charge in [0.2, 0.25) is 0 Å². The monoisotopic (exact) mass is 297 g/mol. The Morgan fingerprint density at radius 1 is 1.42 bits per heavy atom. The first kappa shape index (κ1) is 12.8. The summed E-state index contributed by atoms with van der Waals surface area (Å²) in [6, 6.07) is 6.76. The van der Waals surface area contributed by atoms with Crippen LogP contribution in [0.1, 0.15) is 22.9 Å². The predicted octanol–water partition coefficient (Wildman–Crippen LogP) is 4.65. The minimum Gasteiger partial charge on any atom is -0.494 e. The van der Waals surface area contributed by atoms with Crippen molar-refractivity contribution >= 4 is 28.6 Å². The van der Waals surface area contributed by atoms with Crippen LogP contribution >= 0.6 is 22.9 Å². The van der Waals surface area contributed by atoms with Crippen molar-refractivity contribution in [2.75, 3.05) is 12.4 Å². The molecule has 1 aliphatic rings. The van der Waals surface area contributed by atoms with E-state index < -0.39 is 0 Å². The third-order valence-corrected chi connectivity index (χ3v) is 4.68. The maximum absolute atomic E-state index is 13.2. The molecule has 100 valence electrons. The smallest absolute Gasteiger partial charge is 0.144 e. The minimum atomic E-state index is -0.298. The van der Waals surface area contributed by atoms with Gasteiger partial charge in [-0.05, 0) is 36.6 Å². The summed E-state index contributed by atoms with van der Waals surface area (Å²) >= 11 is 7.68. The third kappa shape index (κ3) is 2.42. The van der Waals surface area contributed by atoms with Gasteiger partial charge in [-0.1, -0.05) is 11.6 Å². The molecule has 19 heavy (non-hydrogen) atoms. The molecule has 0 saturated carbocycles. The SMILES string of the molecule is COc1cc(F)ccc1NC1CCc2sc(Cl)cc21. The van der Waals surface area contributed by atoms with Crippen molar-refractivity contribution < 1.29 is 9.13 Å². The van der Waals surface area contributed by atoms with Crippen LogP contribution in [0.5, 0.6) is 5.75 Å². The van der Waals surface area contributed by atoms with Crippen LogP contribution in [0.2, 0.25) is 4.34 Å². The van der Waals surface area contributed by atoms with Crippen LogP contribution in [0.25, 0.3) is 0 Å². The second kappa shape index (κ2) is 5.02. The number of nitrogens with one attached hydrogen (secondary N) is 1. The van der Waals surface area contributed by atoms with E-state index in [4.69, 9.17) is 16.3 Å². The number of methoxy groups -OCH3 is 1. The molecule has 1 atom stereocenters. The Labute approximate surface area is 120 Å². The zero-order valence-corrected chi connectivity index (χ0v) is 11.9. The number of anilines is 1. The third-order valence-electron chi connectivity index (χ3n) is 3.34. The Morgan fingerprint density at radius 2 is 2.26 bits per heavy atom. The lowest BCUT2D eigenvalue weighted by molar-refractivity contribution is 0.412. The summed E-state index contributed by atoms with van der Waals surface area (Å²) in [6.45, 7) is 0. The normalized spacial score (nSPS) is 17.3. The van der Waals surface area contributed by atoms with Gasteiger partial charge in [0.25, 0.3) is 0 Å². The summed E-state index contributed by atoms with van der Waals surface area (Å²) in [5, 5.41) is 3.41. The van der Waals surface area contributed by atoms with Crippen LogP contribution in [-0.2, 0) is 6.42 Å². The molecule has 1 aromatic carbocycles. The first-order chi connectivity index (χ1) is 9.17. The summed E-state index contributed by atoms with van der Waals surface area (Å²) in [7, 11) is 1.54. The second-order valence-corrected chi connectivity index (χ2v) is 6.28. The van der Waals surface area contributed by atoms with E-state index in [9.17, 15) is 4.39 Å². The van der Waals surface area contributed by atoms with Crippen molar-refractivity contribution in [2.24, 2.45) is 0 Å². The minimum absolute atomic E-state index is 0.220. The number of thiophene rings is 1. The highest BCUT2D eigenvalue weighted by Gasteiger charge is 2.25. The molecule has 0 aliphatic heterocycles. The quantitative estimate of drug-likeness (QED) is 0.890. The molecule has 5 heteroatoms. The fourth-order valence-electron chi connectivity index (χ4n) is 2.45. The van der Waals surface area contributed by atoms with Crippen LogP contribution in [0.3, 0.4) is 0 Å². The molecule has 2 nitrogen and oxygen atoms in total. The highest BCUT2D eigenvalue weighted by atomic mass is 35.5. The largest absolute Gasteiger partial charge is 0.494 e. The molecular weight excluding hydrogens is 285 g/mol. The van der Waals surface area contributed by atoms with Gasteiger partial charge in [-0.25, -0.2) is 4.39 Å². The first-order valence-electron chi connectivity index (χ1n) is 6.05. The van der Waals surface area contributed by atoms with E-state index in [0.717, 1.165) is 22.9 Å². The number of aryl methyl sites for hydroxylation is 1. The van der Waals surface area contributed by atoms with Gasteiger partial charge in [0.05, 0.1) is 23.2 Å². The zero-order chi connectivity index (χ0) is 13.4. The molecule has 1 heterocycles. The number of rotatable bonds is 3. The van der Waals surface area contributed by atoms with Gasteiger partial charge in [0, 0.05) is 10.9 Å². The maximum atomic E-state index is 13.2. The average Bonchev–Trinajstić information content (AvgIpc) is 2.92. The lowest BCUT2D eigenvalue weighted by atomic mass is 10.1. The number of hydrogen-bond donors (Lipinski definition) is 1. The summed E-state index contributed by atoms with van der Waals surface area (Å²) in [5.74, 6) is 0.225. The molecule has 0 amide bonds. The van der Waals surface area contributed by atoms with Crippen LogP contribution in [0, 0.1) is 5.82 Å². The first-order valence-corrected chi connectivity index (χ1v) is 7.25. The van der Waals surface area contributed by atoms with E-state index in [2.05, 4.69) is 5.32 Å². The van der Waals surface area contributed by atoms with Crippen LogP contribution < -0.4 is 10.1 Å². The van der Waals surface area contributed by atoms with Crippen molar-refractivity contribution in [1.29, 1.82) is 0 Å². The molecule has 0 spiro atoms. The zero-order valence-electron chi connectivity index (χ0n) is 10.4. The molecule has 1 N–H and O–H groups in total. The van der Waals surface area contributed by atoms with Crippen molar-refractivity contribution in [3.05, 3.63) is 44.9 Å². The Bertz CT molecular complexity index is 613. The molecule has 0 bridgehead atoms. The van der Waals surface area contributed by atoms with Crippen molar-refractivity contribution in [3.63, 3.8) is 0 Å². The van der Waals surface area contributed by atoms with E-state index in [1.165, 1.54) is 22.6 Å². The van der Waals surface area contributed by atoms with Crippen LogP contribution in [0.4, 0.5) is 10.1 Å². The molecule has 2 aromatic rings. The van der Waals surface area contributed by atoms with Crippen LogP contribution in [0.15, 0.2) is 24.3 Å². The Balaban J connectivity index is 1.86. The van der Waals surface area contributed by atoms with Gasteiger partial charge in [-0.15, -0.1) is 11.3 Å². The summed E-state index contributed by atoms with van der Waals surface area (Å²) in [4.78, 5) is 1.34. The highest BCUT2D eigenvalue weighted by molar-refractivity contribution is 7.16. The maximum Gasteiger partial charge on any atom is 0.144 e. The molecule has 3 rings (SSSR count). The number of halogens is 2. The topological polar surface area (TPSA) is 21.3 Å². The molecule has 0 saturated heterocycles. The Morgan fingerprint density at radius 3 is 3.05 bits per heavy atom. The van der Waals surface area contributed by atoms with E-state index in [1.54, 1.807) is 24.5 Å². The van der Waals surface area contributed by atoms with Crippen molar-refractivity contribution in [3.8, 4) is 5.75 Å². The lowest BCUT2D eigenvalue weighted by Crippen LogP contribution is -2.07. The fraction of sp³-hybridized carbons (Fsp3) is 0.286. The number of benzene rings is 1. The van der Waals surface area contributed by atoms with E-state index >= 15 is 0 Å². The van der Waals surface area contributed by atoms with E-state index in [-0.39, 0.29) is 11.9 Å². The highest BCUT2D eigenvalue weighted by Crippen LogP contribution is 2.42. The van der Waals surface area contributed by atoms with Gasteiger partial charge in [-0.2, -0.15) is 0 Å². The number of ether oxygens (including phenoxy) is 1. The predicted molar refractivity (Wildman–Crippen MR) is 77.0 cm³/mol. The fourth-order valence-corrected chi connectivity index (χ4v) is 3.81. The number of fused-ring (bicyclic) bond motifs is 1. The number of hydrogen-bond acceptors (Lipinski definition) is 3. The van der Waals surface area contributed by atoms with Gasteiger partial charge in [0.1, 0.15) is 11.6 Å². The van der Waals surface area contributed by atoms with E-state index in [0.29, 0.717) is 5.75 Å². The molecule has 1 aromatic heterocycles. The van der Waals surface area contributed by atoms with Crippen molar-refractivity contribution in [2.45, 2.75) is 18.9 Å². The molecular formula is C14H13ClFNOS. The molecule has 1 aliphatic carbocycles. The van der Waals surface area contributed by atoms with E-state index in [1.807, 2.05) is 6.07 Å². The summed E-state index contributed by atoms with van der Waals surface area (Å²) in [5.41, 5.74) is 2.06. The summed E-state index contributed by atoms with van der Waals surface area (Å²) < 4.78 is 19.2. The standard InChI is InChI=1S/C14H13ClFNOS/c1-18-12-6-8(16)2-3-11(12)17-10-4-5-13-9(10)7-14(15)19-13/h2-3,6-7,10,17H,4-5H2,1H3. The molecule has 0 radical (unpaired) electrons. The molecule has 0 fully saturated rings. The van der Waals surface area contributed by atoms with Gasteiger partial charge < -0.3 is 10.1 Å². The Hall–Kier alpha value is -1.26. The molecule has 1 unspecified atom stereocenters. The van der Waals surface area contributed by atoms with Gasteiger partial charge >= 0.3 is 0 Å². The lowest BCUT2D eigenvalue weighted by Gasteiger charge is -2.17. The van der Waals surface area contributed by atoms with Crippen LogP contribution in [-0.4, -0.2) is 7.11 Å². The van der Waals surface area contributed by atoms with Gasteiger partial charge in [-0.3, -0.25) is 0 Å². The van der Waals surface area contributed by atoms with Crippen molar-refractivity contribution in [1.82, 2.24) is 0 Å².